The summed E-state index contributed by atoms with van der Waals surface area (Å²) in [7, 11) is 0. The molecule has 1 aliphatic heterocycles. The zero-order valence-corrected chi connectivity index (χ0v) is 10.4. The topological polar surface area (TPSA) is 18.5 Å². The van der Waals surface area contributed by atoms with Crippen LogP contribution >= 0.6 is 0 Å². The maximum absolute atomic E-state index is 5.63. The molecule has 1 aromatic carbocycles. The van der Waals surface area contributed by atoms with E-state index in [4.69, 9.17) is 9.47 Å². The van der Waals surface area contributed by atoms with Crippen LogP contribution in [0.5, 0.6) is 0 Å². The summed E-state index contributed by atoms with van der Waals surface area (Å²) in [6, 6.07) is 10.5. The zero-order chi connectivity index (χ0) is 12.1. The Kier molecular flexibility index (Phi) is 4.08. The molecule has 0 unspecified atom stereocenters. The van der Waals surface area contributed by atoms with E-state index in [-0.39, 0.29) is 12.2 Å². The number of ether oxygens (including phenoxy) is 2. The predicted molar refractivity (Wildman–Crippen MR) is 68.6 cm³/mol. The monoisotopic (exact) mass is 232 g/mol. The Morgan fingerprint density at radius 1 is 1.06 bits per heavy atom. The van der Waals surface area contributed by atoms with Gasteiger partial charge in [0.15, 0.2) is 0 Å². The fourth-order valence-corrected chi connectivity index (χ4v) is 2.24. The third kappa shape index (κ3) is 3.26. The van der Waals surface area contributed by atoms with Gasteiger partial charge in [0.2, 0.25) is 0 Å². The predicted octanol–water partition coefficient (Wildman–Crippen LogP) is 3.67. The van der Waals surface area contributed by atoms with Gasteiger partial charge in [-0.3, -0.25) is 0 Å². The molecule has 2 heteroatoms. The van der Waals surface area contributed by atoms with Crippen LogP contribution in [0.15, 0.2) is 42.9 Å². The van der Waals surface area contributed by atoms with E-state index in [9.17, 15) is 0 Å². The van der Waals surface area contributed by atoms with Crippen molar-refractivity contribution in [2.45, 2.75) is 44.8 Å². The first-order chi connectivity index (χ1) is 8.29. The highest BCUT2D eigenvalue weighted by atomic mass is 16.7. The molecule has 0 N–H and O–H groups in total. The number of hydrogen-bond donors (Lipinski definition) is 0. The maximum Gasteiger partial charge on any atom is 0.272 e. The summed E-state index contributed by atoms with van der Waals surface area (Å²) in [4.78, 5) is 0. The molecular weight excluding hydrogens is 212 g/mol. The molecule has 1 aromatic rings. The van der Waals surface area contributed by atoms with Gasteiger partial charge in [-0.15, -0.1) is 0 Å². The van der Waals surface area contributed by atoms with Gasteiger partial charge in [0.25, 0.3) is 5.95 Å². The fourth-order valence-electron chi connectivity index (χ4n) is 2.24. The number of hydrogen-bond acceptors (Lipinski definition) is 2. The van der Waals surface area contributed by atoms with Crippen LogP contribution in [-0.4, -0.2) is 12.2 Å². The molecule has 0 amide bonds. The van der Waals surface area contributed by atoms with Crippen molar-refractivity contribution >= 4 is 0 Å². The summed E-state index contributed by atoms with van der Waals surface area (Å²) in [5, 5.41) is 0. The van der Waals surface area contributed by atoms with Gasteiger partial charge in [0.05, 0.1) is 0 Å². The summed E-state index contributed by atoms with van der Waals surface area (Å²) in [5.41, 5.74) is 1.35. The van der Waals surface area contributed by atoms with E-state index in [0.717, 1.165) is 25.7 Å². The van der Waals surface area contributed by atoms with Crippen molar-refractivity contribution in [3.8, 4) is 0 Å². The molecular formula is C15H20O2. The van der Waals surface area contributed by atoms with Crippen molar-refractivity contribution in [3.05, 3.63) is 48.4 Å². The summed E-state index contributed by atoms with van der Waals surface area (Å²) in [6.07, 6.45) is 4.54. The highest BCUT2D eigenvalue weighted by Gasteiger charge is 2.31. The van der Waals surface area contributed by atoms with Gasteiger partial charge in [-0.05, 0) is 31.4 Å². The quantitative estimate of drug-likeness (QED) is 0.771. The van der Waals surface area contributed by atoms with Gasteiger partial charge < -0.3 is 9.47 Å². The van der Waals surface area contributed by atoms with Crippen LogP contribution in [0.3, 0.4) is 0 Å². The second-order valence-electron chi connectivity index (χ2n) is 4.50. The van der Waals surface area contributed by atoms with Crippen LogP contribution < -0.4 is 0 Å². The first kappa shape index (κ1) is 12.0. The van der Waals surface area contributed by atoms with Gasteiger partial charge in [-0.25, -0.2) is 0 Å². The minimum atomic E-state index is 0.169. The molecule has 0 bridgehead atoms. The van der Waals surface area contributed by atoms with Gasteiger partial charge in [-0.1, -0.05) is 43.7 Å². The Morgan fingerprint density at radius 3 is 2.35 bits per heavy atom. The van der Waals surface area contributed by atoms with Gasteiger partial charge >= 0.3 is 0 Å². The van der Waals surface area contributed by atoms with Crippen LogP contribution in [-0.2, 0) is 15.9 Å². The first-order valence-corrected chi connectivity index (χ1v) is 6.35. The first-order valence-electron chi connectivity index (χ1n) is 6.35. The molecule has 1 saturated heterocycles. The Hall–Kier alpha value is -1.44. The Labute approximate surface area is 103 Å². The number of aryl methyl sites for hydroxylation is 1. The zero-order valence-electron chi connectivity index (χ0n) is 10.4. The fraction of sp³-hybridized carbons (Fsp3) is 0.467. The molecule has 0 saturated carbocycles. The largest absolute Gasteiger partial charge is 0.459 e. The minimum absolute atomic E-state index is 0.169. The van der Waals surface area contributed by atoms with Crippen molar-refractivity contribution in [2.24, 2.45) is 0 Å². The molecule has 1 aliphatic rings. The lowest BCUT2D eigenvalue weighted by Gasteiger charge is -2.14. The number of rotatable bonds is 5. The van der Waals surface area contributed by atoms with E-state index in [1.165, 1.54) is 5.56 Å². The number of benzene rings is 1. The Bertz CT molecular complexity index is 358. The van der Waals surface area contributed by atoms with E-state index < -0.39 is 0 Å². The maximum atomic E-state index is 5.63. The van der Waals surface area contributed by atoms with Crippen molar-refractivity contribution in [3.63, 3.8) is 0 Å². The van der Waals surface area contributed by atoms with Crippen molar-refractivity contribution in [1.82, 2.24) is 0 Å². The highest BCUT2D eigenvalue weighted by molar-refractivity contribution is 5.14. The molecule has 2 rings (SSSR count). The van der Waals surface area contributed by atoms with E-state index in [1.54, 1.807) is 0 Å². The van der Waals surface area contributed by atoms with E-state index >= 15 is 0 Å². The van der Waals surface area contributed by atoms with Crippen molar-refractivity contribution in [2.75, 3.05) is 0 Å². The normalized spacial score (nSPS) is 23.2. The molecule has 0 spiro atoms. The molecule has 92 valence electrons. The second kappa shape index (κ2) is 5.76. The molecule has 1 fully saturated rings. The standard InChI is InChI=1S/C15H20O2/c1-3-7-14-15(17-12(2)16-14)11-10-13-8-5-4-6-9-13/h4-6,8-9,14-15H,2-3,7,10-11H2,1H3/t14-,15+/m0/s1. The lowest BCUT2D eigenvalue weighted by Crippen LogP contribution is -2.22. The average molecular weight is 232 g/mol. The van der Waals surface area contributed by atoms with Gasteiger partial charge in [0, 0.05) is 0 Å². The summed E-state index contributed by atoms with van der Waals surface area (Å²) >= 11 is 0. The van der Waals surface area contributed by atoms with Crippen LogP contribution in [0.4, 0.5) is 0 Å². The lowest BCUT2D eigenvalue weighted by molar-refractivity contribution is 0.138. The molecule has 0 aromatic heterocycles. The SMILES string of the molecule is C=C1O[C@@H](CCC)[C@@H](CCc2ccccc2)O1. The average Bonchev–Trinajstić information content (AvgIpc) is 2.69. The van der Waals surface area contributed by atoms with Crippen LogP contribution in [0.25, 0.3) is 0 Å². The van der Waals surface area contributed by atoms with Gasteiger partial charge in [-0.2, -0.15) is 0 Å². The molecule has 17 heavy (non-hydrogen) atoms. The molecule has 0 radical (unpaired) electrons. The van der Waals surface area contributed by atoms with Crippen LogP contribution in [0.1, 0.15) is 31.7 Å². The highest BCUT2D eigenvalue weighted by Crippen LogP contribution is 2.27. The van der Waals surface area contributed by atoms with Crippen molar-refractivity contribution < 1.29 is 9.47 Å². The smallest absolute Gasteiger partial charge is 0.272 e. The third-order valence-corrected chi connectivity index (χ3v) is 3.11. The Balaban J connectivity index is 1.87. The van der Waals surface area contributed by atoms with E-state index in [1.807, 2.05) is 6.07 Å². The third-order valence-electron chi connectivity index (χ3n) is 3.11. The minimum Gasteiger partial charge on any atom is -0.459 e. The molecule has 2 atom stereocenters. The van der Waals surface area contributed by atoms with Crippen LogP contribution in [0, 0.1) is 0 Å². The Morgan fingerprint density at radius 2 is 1.71 bits per heavy atom. The summed E-state index contributed by atoms with van der Waals surface area (Å²) < 4.78 is 11.2. The summed E-state index contributed by atoms with van der Waals surface area (Å²) in [5.74, 6) is 0.488. The summed E-state index contributed by atoms with van der Waals surface area (Å²) in [6.45, 7) is 5.91. The second-order valence-corrected chi connectivity index (χ2v) is 4.50. The van der Waals surface area contributed by atoms with Crippen molar-refractivity contribution in [1.29, 1.82) is 0 Å². The van der Waals surface area contributed by atoms with E-state index in [0.29, 0.717) is 5.95 Å². The lowest BCUT2D eigenvalue weighted by atomic mass is 10.0. The van der Waals surface area contributed by atoms with Gasteiger partial charge in [0.1, 0.15) is 12.2 Å². The molecule has 2 nitrogen and oxygen atoms in total. The van der Waals surface area contributed by atoms with Crippen LogP contribution in [0.2, 0.25) is 0 Å². The van der Waals surface area contributed by atoms with E-state index in [2.05, 4.69) is 37.8 Å². The molecule has 1 heterocycles. The molecule has 0 aliphatic carbocycles.